The fourth-order valence-electron chi connectivity index (χ4n) is 1.63. The molecule has 1 aromatic rings. The largest absolute Gasteiger partial charge is 0.490 e. The summed E-state index contributed by atoms with van der Waals surface area (Å²) < 4.78 is 11.4. The van der Waals surface area contributed by atoms with Gasteiger partial charge in [0.15, 0.2) is 11.5 Å². The van der Waals surface area contributed by atoms with Gasteiger partial charge in [-0.25, -0.2) is 0 Å². The second-order valence-corrected chi connectivity index (χ2v) is 5.11. The molecule has 102 valence electrons. The van der Waals surface area contributed by atoms with Crippen LogP contribution in [0.3, 0.4) is 0 Å². The lowest BCUT2D eigenvalue weighted by Crippen LogP contribution is -2.34. The Bertz CT molecular complexity index is 350. The maximum Gasteiger partial charge on any atom is 0.161 e. The summed E-state index contributed by atoms with van der Waals surface area (Å²) in [6.45, 7) is 11.7. The van der Waals surface area contributed by atoms with Crippen LogP contribution in [-0.2, 0) is 0 Å². The van der Waals surface area contributed by atoms with Crippen LogP contribution in [0.2, 0.25) is 0 Å². The highest BCUT2D eigenvalue weighted by molar-refractivity contribution is 5.39. The fraction of sp³-hybridized carbons (Fsp3) is 0.600. The lowest BCUT2D eigenvalue weighted by atomic mass is 9.95. The van der Waals surface area contributed by atoms with E-state index in [2.05, 4.69) is 26.1 Å². The van der Waals surface area contributed by atoms with Crippen molar-refractivity contribution >= 4 is 0 Å². The number of nitrogens with one attached hydrogen (secondary N) is 1. The molecule has 0 aliphatic carbocycles. The number of hydrogen-bond acceptors (Lipinski definition) is 3. The highest BCUT2D eigenvalue weighted by atomic mass is 16.5. The monoisotopic (exact) mass is 251 g/mol. The van der Waals surface area contributed by atoms with Crippen molar-refractivity contribution in [2.24, 2.45) is 5.41 Å². The number of rotatable bonds is 8. The first kappa shape index (κ1) is 14.8. The van der Waals surface area contributed by atoms with Crippen molar-refractivity contribution in [2.45, 2.75) is 27.7 Å². The minimum Gasteiger partial charge on any atom is -0.490 e. The Hall–Kier alpha value is -1.22. The molecule has 3 heteroatoms. The third kappa shape index (κ3) is 4.96. The van der Waals surface area contributed by atoms with E-state index in [1.807, 2.05) is 31.2 Å². The van der Waals surface area contributed by atoms with Gasteiger partial charge in [-0.15, -0.1) is 0 Å². The molecule has 0 amide bonds. The van der Waals surface area contributed by atoms with Gasteiger partial charge in [0.05, 0.1) is 13.2 Å². The quantitative estimate of drug-likeness (QED) is 0.770. The second kappa shape index (κ2) is 7.27. The van der Waals surface area contributed by atoms with Crippen molar-refractivity contribution in [3.05, 3.63) is 24.3 Å². The molecule has 1 N–H and O–H groups in total. The minimum absolute atomic E-state index is 0.106. The SMILES string of the molecule is CCNCC(C)(C)COc1ccccc1OCC. The van der Waals surface area contributed by atoms with Crippen LogP contribution in [0.1, 0.15) is 27.7 Å². The Morgan fingerprint density at radius 2 is 1.67 bits per heavy atom. The molecule has 0 spiro atoms. The molecule has 0 heterocycles. The van der Waals surface area contributed by atoms with Gasteiger partial charge in [0.2, 0.25) is 0 Å². The molecule has 0 aromatic heterocycles. The molecule has 0 saturated carbocycles. The van der Waals surface area contributed by atoms with Crippen molar-refractivity contribution in [1.82, 2.24) is 5.32 Å². The molecule has 1 aromatic carbocycles. The predicted octanol–water partition coefficient (Wildman–Crippen LogP) is 3.10. The van der Waals surface area contributed by atoms with Crippen LogP contribution in [0.15, 0.2) is 24.3 Å². The van der Waals surface area contributed by atoms with Gasteiger partial charge in [0.1, 0.15) is 0 Å². The minimum atomic E-state index is 0.106. The summed E-state index contributed by atoms with van der Waals surface area (Å²) >= 11 is 0. The zero-order valence-corrected chi connectivity index (χ0v) is 12.0. The van der Waals surface area contributed by atoms with E-state index < -0.39 is 0 Å². The van der Waals surface area contributed by atoms with Crippen LogP contribution in [0, 0.1) is 5.41 Å². The van der Waals surface area contributed by atoms with E-state index in [9.17, 15) is 0 Å². The van der Waals surface area contributed by atoms with Crippen molar-refractivity contribution < 1.29 is 9.47 Å². The predicted molar refractivity (Wildman–Crippen MR) is 75.4 cm³/mol. The van der Waals surface area contributed by atoms with E-state index in [-0.39, 0.29) is 5.41 Å². The molecule has 0 aliphatic heterocycles. The third-order valence-electron chi connectivity index (χ3n) is 2.62. The Morgan fingerprint density at radius 1 is 1.06 bits per heavy atom. The average Bonchev–Trinajstić information content (AvgIpc) is 2.36. The summed E-state index contributed by atoms with van der Waals surface area (Å²) in [7, 11) is 0. The average molecular weight is 251 g/mol. The molecule has 0 radical (unpaired) electrons. The first-order valence-corrected chi connectivity index (χ1v) is 6.64. The molecule has 0 fully saturated rings. The van der Waals surface area contributed by atoms with Crippen LogP contribution < -0.4 is 14.8 Å². The Kier molecular flexibility index (Phi) is 5.99. The van der Waals surface area contributed by atoms with Crippen molar-refractivity contribution in [3.8, 4) is 11.5 Å². The topological polar surface area (TPSA) is 30.5 Å². The maximum atomic E-state index is 5.89. The number of ether oxygens (including phenoxy) is 2. The third-order valence-corrected chi connectivity index (χ3v) is 2.62. The lowest BCUT2D eigenvalue weighted by Gasteiger charge is -2.25. The zero-order chi connectivity index (χ0) is 13.4. The van der Waals surface area contributed by atoms with Crippen LogP contribution >= 0.6 is 0 Å². The van der Waals surface area contributed by atoms with E-state index in [1.165, 1.54) is 0 Å². The first-order valence-electron chi connectivity index (χ1n) is 6.64. The molecular formula is C15H25NO2. The maximum absolute atomic E-state index is 5.89. The zero-order valence-electron chi connectivity index (χ0n) is 12.0. The molecule has 0 atom stereocenters. The smallest absolute Gasteiger partial charge is 0.161 e. The Morgan fingerprint density at radius 3 is 2.22 bits per heavy atom. The summed E-state index contributed by atoms with van der Waals surface area (Å²) in [5.41, 5.74) is 0.106. The molecule has 3 nitrogen and oxygen atoms in total. The normalized spacial score (nSPS) is 11.3. The highest BCUT2D eigenvalue weighted by Gasteiger charge is 2.19. The highest BCUT2D eigenvalue weighted by Crippen LogP contribution is 2.28. The first-order chi connectivity index (χ1) is 8.59. The van der Waals surface area contributed by atoms with E-state index in [0.29, 0.717) is 13.2 Å². The van der Waals surface area contributed by atoms with Gasteiger partial charge in [-0.2, -0.15) is 0 Å². The summed E-state index contributed by atoms with van der Waals surface area (Å²) in [5, 5.41) is 3.35. The standard InChI is InChI=1S/C15H25NO2/c1-5-16-11-15(3,4)12-18-14-10-8-7-9-13(14)17-6-2/h7-10,16H,5-6,11-12H2,1-4H3. The molecule has 1 rings (SSSR count). The summed E-state index contributed by atoms with van der Waals surface area (Å²) in [6.07, 6.45) is 0. The van der Waals surface area contributed by atoms with Crippen LogP contribution in [0.4, 0.5) is 0 Å². The van der Waals surface area contributed by atoms with Crippen LogP contribution in [0.5, 0.6) is 11.5 Å². The van der Waals surface area contributed by atoms with Crippen molar-refractivity contribution in [1.29, 1.82) is 0 Å². The van der Waals surface area contributed by atoms with Gasteiger partial charge in [0.25, 0.3) is 0 Å². The molecule has 0 aliphatic rings. The molecular weight excluding hydrogens is 226 g/mol. The fourth-order valence-corrected chi connectivity index (χ4v) is 1.63. The van der Waals surface area contributed by atoms with E-state index in [4.69, 9.17) is 9.47 Å². The van der Waals surface area contributed by atoms with Gasteiger partial charge in [-0.1, -0.05) is 32.9 Å². The molecule has 18 heavy (non-hydrogen) atoms. The van der Waals surface area contributed by atoms with Crippen molar-refractivity contribution in [2.75, 3.05) is 26.3 Å². The summed E-state index contributed by atoms with van der Waals surface area (Å²) in [6, 6.07) is 7.82. The number of hydrogen-bond donors (Lipinski definition) is 1. The van der Waals surface area contributed by atoms with Gasteiger partial charge in [-0.05, 0) is 25.6 Å². The van der Waals surface area contributed by atoms with Gasteiger partial charge in [0, 0.05) is 12.0 Å². The summed E-state index contributed by atoms with van der Waals surface area (Å²) in [4.78, 5) is 0. The van der Waals surface area contributed by atoms with Gasteiger partial charge >= 0.3 is 0 Å². The molecule has 0 saturated heterocycles. The van der Waals surface area contributed by atoms with Gasteiger partial charge in [-0.3, -0.25) is 0 Å². The van der Waals surface area contributed by atoms with E-state index >= 15 is 0 Å². The molecule has 0 unspecified atom stereocenters. The number of para-hydroxylation sites is 2. The molecule has 0 bridgehead atoms. The Balaban J connectivity index is 2.56. The van der Waals surface area contributed by atoms with Gasteiger partial charge < -0.3 is 14.8 Å². The lowest BCUT2D eigenvalue weighted by molar-refractivity contribution is 0.170. The van der Waals surface area contributed by atoms with Crippen LogP contribution in [-0.4, -0.2) is 26.3 Å². The summed E-state index contributed by atoms with van der Waals surface area (Å²) in [5.74, 6) is 1.64. The Labute approximate surface area is 110 Å². The number of benzene rings is 1. The van der Waals surface area contributed by atoms with E-state index in [0.717, 1.165) is 24.6 Å². The van der Waals surface area contributed by atoms with Crippen LogP contribution in [0.25, 0.3) is 0 Å². The van der Waals surface area contributed by atoms with E-state index in [1.54, 1.807) is 0 Å². The van der Waals surface area contributed by atoms with Crippen molar-refractivity contribution in [3.63, 3.8) is 0 Å². The second-order valence-electron chi connectivity index (χ2n) is 5.11.